The standard InChI is InChI=1S/C14H19N3OS2/c1-11-6-5-7-12(10-11)15-13-16-17-14(20-13)19-9-4-2-3-8-18/h5-7,10,18H,2-4,8-9H2,1H3,(H,15,16). The highest BCUT2D eigenvalue weighted by Crippen LogP contribution is 2.28. The van der Waals surface area contributed by atoms with Gasteiger partial charge in [-0.15, -0.1) is 10.2 Å². The van der Waals surface area contributed by atoms with Crippen molar-refractivity contribution in [3.63, 3.8) is 0 Å². The summed E-state index contributed by atoms with van der Waals surface area (Å²) in [5.74, 6) is 1.03. The van der Waals surface area contributed by atoms with Crippen molar-refractivity contribution >= 4 is 33.9 Å². The van der Waals surface area contributed by atoms with Gasteiger partial charge in [-0.1, -0.05) is 41.7 Å². The lowest BCUT2D eigenvalue weighted by Gasteiger charge is -2.01. The molecule has 20 heavy (non-hydrogen) atoms. The van der Waals surface area contributed by atoms with Crippen LogP contribution in [0.1, 0.15) is 24.8 Å². The smallest absolute Gasteiger partial charge is 0.210 e. The number of aliphatic hydroxyl groups excluding tert-OH is 1. The van der Waals surface area contributed by atoms with Gasteiger partial charge in [0.1, 0.15) is 0 Å². The topological polar surface area (TPSA) is 58.0 Å². The van der Waals surface area contributed by atoms with Crippen LogP contribution in [0, 0.1) is 6.92 Å². The average molecular weight is 309 g/mol. The van der Waals surface area contributed by atoms with Gasteiger partial charge < -0.3 is 10.4 Å². The van der Waals surface area contributed by atoms with Gasteiger partial charge in [0.05, 0.1) is 0 Å². The fourth-order valence-corrected chi connectivity index (χ4v) is 3.56. The quantitative estimate of drug-likeness (QED) is 0.573. The number of aromatic nitrogens is 2. The number of nitrogens with one attached hydrogen (secondary N) is 1. The highest BCUT2D eigenvalue weighted by atomic mass is 32.2. The van der Waals surface area contributed by atoms with Crippen LogP contribution >= 0.6 is 23.1 Å². The molecule has 0 bridgehead atoms. The van der Waals surface area contributed by atoms with Crippen LogP contribution in [0.15, 0.2) is 28.6 Å². The number of hydrogen-bond donors (Lipinski definition) is 2. The highest BCUT2D eigenvalue weighted by Gasteiger charge is 2.05. The van der Waals surface area contributed by atoms with Gasteiger partial charge in [-0.05, 0) is 37.5 Å². The Hall–Kier alpha value is -1.11. The number of aliphatic hydroxyl groups is 1. The number of rotatable bonds is 8. The van der Waals surface area contributed by atoms with E-state index in [1.54, 1.807) is 23.1 Å². The van der Waals surface area contributed by atoms with Gasteiger partial charge in [-0.3, -0.25) is 0 Å². The van der Waals surface area contributed by atoms with Crippen LogP contribution in [0.4, 0.5) is 10.8 Å². The van der Waals surface area contributed by atoms with Gasteiger partial charge in [-0.2, -0.15) is 0 Å². The summed E-state index contributed by atoms with van der Waals surface area (Å²) in [7, 11) is 0. The van der Waals surface area contributed by atoms with Crippen LogP contribution in [0.2, 0.25) is 0 Å². The maximum atomic E-state index is 8.71. The summed E-state index contributed by atoms with van der Waals surface area (Å²) < 4.78 is 0.990. The van der Waals surface area contributed by atoms with E-state index in [0.717, 1.165) is 40.2 Å². The Morgan fingerprint density at radius 3 is 2.95 bits per heavy atom. The van der Waals surface area contributed by atoms with E-state index in [9.17, 15) is 0 Å². The second kappa shape index (κ2) is 8.24. The number of anilines is 2. The van der Waals surface area contributed by atoms with Gasteiger partial charge in [0.2, 0.25) is 5.13 Å². The minimum atomic E-state index is 0.286. The van der Waals surface area contributed by atoms with Crippen molar-refractivity contribution in [1.29, 1.82) is 0 Å². The molecule has 0 spiro atoms. The Labute approximate surface area is 127 Å². The SMILES string of the molecule is Cc1cccc(Nc2nnc(SCCCCCO)s2)c1. The fraction of sp³-hybridized carbons (Fsp3) is 0.429. The molecule has 2 N–H and O–H groups in total. The van der Waals surface area contributed by atoms with E-state index in [-0.39, 0.29) is 6.61 Å². The summed E-state index contributed by atoms with van der Waals surface area (Å²) in [6, 6.07) is 8.20. The molecule has 2 rings (SSSR count). The van der Waals surface area contributed by atoms with Gasteiger partial charge in [0.15, 0.2) is 4.34 Å². The second-order valence-corrected chi connectivity index (χ2v) is 6.82. The summed E-state index contributed by atoms with van der Waals surface area (Å²) in [5.41, 5.74) is 2.26. The lowest BCUT2D eigenvalue weighted by molar-refractivity contribution is 0.284. The summed E-state index contributed by atoms with van der Waals surface area (Å²) >= 11 is 3.31. The largest absolute Gasteiger partial charge is 0.396 e. The second-order valence-electron chi connectivity index (χ2n) is 4.50. The summed E-state index contributed by atoms with van der Waals surface area (Å²) in [5, 5.41) is 21.1. The molecule has 0 aliphatic carbocycles. The molecule has 1 aromatic carbocycles. The predicted octanol–water partition coefficient (Wildman–Crippen LogP) is 3.84. The summed E-state index contributed by atoms with van der Waals surface area (Å²) in [4.78, 5) is 0. The van der Waals surface area contributed by atoms with E-state index in [2.05, 4.69) is 34.6 Å². The number of thioether (sulfide) groups is 1. The Bertz CT molecular complexity index is 531. The van der Waals surface area contributed by atoms with Crippen molar-refractivity contribution in [2.45, 2.75) is 30.5 Å². The molecule has 0 aliphatic rings. The first-order valence-electron chi connectivity index (χ1n) is 6.69. The molecule has 0 fully saturated rings. The maximum Gasteiger partial charge on any atom is 0.210 e. The van der Waals surface area contributed by atoms with Crippen molar-refractivity contribution in [2.75, 3.05) is 17.7 Å². The van der Waals surface area contributed by atoms with E-state index in [4.69, 9.17) is 5.11 Å². The molecule has 108 valence electrons. The Kier molecular flexibility index (Phi) is 6.29. The lowest BCUT2D eigenvalue weighted by Crippen LogP contribution is -1.89. The van der Waals surface area contributed by atoms with E-state index >= 15 is 0 Å². The van der Waals surface area contributed by atoms with Crippen LogP contribution in [0.25, 0.3) is 0 Å². The highest BCUT2D eigenvalue weighted by molar-refractivity contribution is 8.01. The van der Waals surface area contributed by atoms with Crippen LogP contribution in [0.5, 0.6) is 0 Å². The summed E-state index contributed by atoms with van der Waals surface area (Å²) in [6.07, 6.45) is 3.05. The number of unbranched alkanes of at least 4 members (excludes halogenated alkanes) is 2. The van der Waals surface area contributed by atoms with Gasteiger partial charge in [0.25, 0.3) is 0 Å². The third-order valence-electron chi connectivity index (χ3n) is 2.70. The first kappa shape index (κ1) is 15.3. The Morgan fingerprint density at radius 1 is 1.25 bits per heavy atom. The molecule has 0 aliphatic heterocycles. The summed E-state index contributed by atoms with van der Waals surface area (Å²) in [6.45, 7) is 2.35. The van der Waals surface area contributed by atoms with Crippen molar-refractivity contribution in [3.05, 3.63) is 29.8 Å². The molecule has 0 amide bonds. The van der Waals surface area contributed by atoms with E-state index in [0.29, 0.717) is 0 Å². The van der Waals surface area contributed by atoms with E-state index in [1.165, 1.54) is 5.56 Å². The van der Waals surface area contributed by atoms with Crippen LogP contribution in [-0.2, 0) is 0 Å². The van der Waals surface area contributed by atoms with E-state index in [1.807, 2.05) is 12.1 Å². The zero-order valence-electron chi connectivity index (χ0n) is 11.5. The predicted molar refractivity (Wildman–Crippen MR) is 86.0 cm³/mol. The van der Waals surface area contributed by atoms with E-state index < -0.39 is 0 Å². The normalized spacial score (nSPS) is 10.7. The van der Waals surface area contributed by atoms with Crippen LogP contribution in [-0.4, -0.2) is 27.7 Å². The van der Waals surface area contributed by atoms with Crippen molar-refractivity contribution in [3.8, 4) is 0 Å². The van der Waals surface area contributed by atoms with Gasteiger partial charge in [-0.25, -0.2) is 0 Å². The maximum absolute atomic E-state index is 8.71. The van der Waals surface area contributed by atoms with Crippen LogP contribution < -0.4 is 5.32 Å². The first-order chi connectivity index (χ1) is 9.78. The molecule has 0 saturated carbocycles. The molecule has 2 aromatic rings. The molecule has 4 nitrogen and oxygen atoms in total. The van der Waals surface area contributed by atoms with Gasteiger partial charge in [0, 0.05) is 18.0 Å². The molecule has 0 unspecified atom stereocenters. The minimum Gasteiger partial charge on any atom is -0.396 e. The van der Waals surface area contributed by atoms with Crippen LogP contribution in [0.3, 0.4) is 0 Å². The van der Waals surface area contributed by atoms with Crippen molar-refractivity contribution < 1.29 is 5.11 Å². The molecule has 0 radical (unpaired) electrons. The number of benzene rings is 1. The monoisotopic (exact) mass is 309 g/mol. The van der Waals surface area contributed by atoms with Gasteiger partial charge >= 0.3 is 0 Å². The molecule has 6 heteroatoms. The molecular formula is C14H19N3OS2. The molecular weight excluding hydrogens is 290 g/mol. The van der Waals surface area contributed by atoms with Crippen molar-refractivity contribution in [2.24, 2.45) is 0 Å². The zero-order chi connectivity index (χ0) is 14.2. The minimum absolute atomic E-state index is 0.286. The molecule has 1 aromatic heterocycles. The first-order valence-corrected chi connectivity index (χ1v) is 8.49. The molecule has 1 heterocycles. The third kappa shape index (κ3) is 5.11. The lowest BCUT2D eigenvalue weighted by atomic mass is 10.2. The number of nitrogens with zero attached hydrogens (tertiary/aromatic N) is 2. The molecule has 0 saturated heterocycles. The Balaban J connectivity index is 1.80. The third-order valence-corrected chi connectivity index (χ3v) is 4.76. The molecule has 0 atom stereocenters. The fourth-order valence-electron chi connectivity index (χ4n) is 1.72. The van der Waals surface area contributed by atoms with Crippen molar-refractivity contribution in [1.82, 2.24) is 10.2 Å². The number of aryl methyl sites for hydroxylation is 1. The Morgan fingerprint density at radius 2 is 2.15 bits per heavy atom. The zero-order valence-corrected chi connectivity index (χ0v) is 13.1. The average Bonchev–Trinajstić information content (AvgIpc) is 2.86. The number of hydrogen-bond acceptors (Lipinski definition) is 6.